The van der Waals surface area contributed by atoms with Crippen LogP contribution in [0.2, 0.25) is 0 Å². The molecule has 0 saturated heterocycles. The van der Waals surface area contributed by atoms with Crippen LogP contribution in [0.5, 0.6) is 0 Å². The lowest BCUT2D eigenvalue weighted by Crippen LogP contribution is -2.39. The van der Waals surface area contributed by atoms with Crippen LogP contribution in [-0.2, 0) is 6.54 Å². The molecule has 1 saturated carbocycles. The van der Waals surface area contributed by atoms with E-state index in [2.05, 4.69) is 15.2 Å². The summed E-state index contributed by atoms with van der Waals surface area (Å²) < 4.78 is 12.8. The fraction of sp³-hybridized carbons (Fsp3) is 0.533. The minimum absolute atomic E-state index is 0.196. The molecule has 1 aromatic rings. The van der Waals surface area contributed by atoms with E-state index in [1.165, 1.54) is 31.4 Å². The summed E-state index contributed by atoms with van der Waals surface area (Å²) in [6, 6.07) is 6.60. The van der Waals surface area contributed by atoms with E-state index in [1.54, 1.807) is 7.05 Å². The van der Waals surface area contributed by atoms with E-state index in [0.29, 0.717) is 0 Å². The number of nitrogens with one attached hydrogen (secondary N) is 1. The molecule has 1 N–H and O–H groups in total. The van der Waals surface area contributed by atoms with Gasteiger partial charge in [-0.05, 0) is 30.0 Å². The summed E-state index contributed by atoms with van der Waals surface area (Å²) in [7, 11) is 3.79. The van der Waals surface area contributed by atoms with Crippen LogP contribution in [0.3, 0.4) is 0 Å². The van der Waals surface area contributed by atoms with Crippen LogP contribution in [0.4, 0.5) is 4.39 Å². The van der Waals surface area contributed by atoms with Crippen LogP contribution in [0.1, 0.15) is 24.8 Å². The lowest BCUT2D eigenvalue weighted by Gasteiger charge is -2.22. The molecule has 0 atom stereocenters. The summed E-state index contributed by atoms with van der Waals surface area (Å²) in [5.74, 6) is 1.62. The molecule has 0 bridgehead atoms. The molecule has 1 fully saturated rings. The molecular formula is C15H22FN3. The van der Waals surface area contributed by atoms with Crippen molar-refractivity contribution in [2.24, 2.45) is 10.9 Å². The summed E-state index contributed by atoms with van der Waals surface area (Å²) in [6.07, 6.45) is 3.99. The maximum absolute atomic E-state index is 12.8. The third-order valence-electron chi connectivity index (χ3n) is 3.44. The summed E-state index contributed by atoms with van der Waals surface area (Å²) in [6.45, 7) is 1.70. The van der Waals surface area contributed by atoms with Crippen molar-refractivity contribution in [1.82, 2.24) is 10.2 Å². The zero-order chi connectivity index (χ0) is 13.7. The largest absolute Gasteiger partial charge is 0.356 e. The molecule has 4 heteroatoms. The van der Waals surface area contributed by atoms with Crippen molar-refractivity contribution in [3.05, 3.63) is 35.6 Å². The van der Waals surface area contributed by atoms with Crippen molar-refractivity contribution in [2.45, 2.75) is 25.8 Å². The van der Waals surface area contributed by atoms with Gasteiger partial charge in [-0.1, -0.05) is 25.0 Å². The minimum atomic E-state index is -0.196. The van der Waals surface area contributed by atoms with Crippen molar-refractivity contribution in [1.29, 1.82) is 0 Å². The Balaban J connectivity index is 1.81. The zero-order valence-electron chi connectivity index (χ0n) is 11.7. The van der Waals surface area contributed by atoms with Crippen molar-refractivity contribution < 1.29 is 4.39 Å². The van der Waals surface area contributed by atoms with Gasteiger partial charge in [0.25, 0.3) is 0 Å². The Morgan fingerprint density at radius 2 is 2.05 bits per heavy atom. The van der Waals surface area contributed by atoms with Gasteiger partial charge in [-0.2, -0.15) is 0 Å². The third-order valence-corrected chi connectivity index (χ3v) is 3.44. The van der Waals surface area contributed by atoms with Gasteiger partial charge in [0.15, 0.2) is 5.96 Å². The molecule has 0 heterocycles. The quantitative estimate of drug-likeness (QED) is 0.653. The van der Waals surface area contributed by atoms with Gasteiger partial charge < -0.3 is 10.2 Å². The summed E-state index contributed by atoms with van der Waals surface area (Å²) in [5.41, 5.74) is 1.08. The smallest absolute Gasteiger partial charge is 0.193 e. The molecule has 1 aliphatic carbocycles. The second-order valence-corrected chi connectivity index (χ2v) is 5.19. The number of aliphatic imine (C=N–C) groups is 1. The molecule has 1 aromatic carbocycles. The van der Waals surface area contributed by atoms with E-state index in [9.17, 15) is 4.39 Å². The van der Waals surface area contributed by atoms with Gasteiger partial charge in [0.2, 0.25) is 0 Å². The SMILES string of the molecule is CN=C(NCCC1CC1)N(C)Cc1ccc(F)cc1. The Morgan fingerprint density at radius 3 is 2.63 bits per heavy atom. The van der Waals surface area contributed by atoms with Gasteiger partial charge in [0.05, 0.1) is 0 Å². The molecule has 0 radical (unpaired) electrons. The molecule has 0 amide bonds. The number of rotatable bonds is 5. The third kappa shape index (κ3) is 4.54. The van der Waals surface area contributed by atoms with E-state index >= 15 is 0 Å². The Hall–Kier alpha value is -1.58. The number of halogens is 1. The van der Waals surface area contributed by atoms with Crippen molar-refractivity contribution in [3.63, 3.8) is 0 Å². The molecule has 104 valence electrons. The van der Waals surface area contributed by atoms with Gasteiger partial charge in [-0.3, -0.25) is 4.99 Å². The number of guanidine groups is 1. The molecule has 1 aliphatic rings. The average Bonchev–Trinajstić information content (AvgIpc) is 3.21. The van der Waals surface area contributed by atoms with Gasteiger partial charge in [0, 0.05) is 27.2 Å². The molecule has 19 heavy (non-hydrogen) atoms. The highest BCUT2D eigenvalue weighted by atomic mass is 19.1. The van der Waals surface area contributed by atoms with E-state index in [0.717, 1.165) is 30.5 Å². The summed E-state index contributed by atoms with van der Waals surface area (Å²) in [5, 5.41) is 3.37. The number of nitrogens with zero attached hydrogens (tertiary/aromatic N) is 2. The fourth-order valence-electron chi connectivity index (χ4n) is 2.12. The average molecular weight is 263 g/mol. The highest BCUT2D eigenvalue weighted by Gasteiger charge is 2.20. The van der Waals surface area contributed by atoms with Gasteiger partial charge >= 0.3 is 0 Å². The monoisotopic (exact) mass is 263 g/mol. The Kier molecular flexibility index (Phi) is 4.77. The first-order valence-corrected chi connectivity index (χ1v) is 6.85. The van der Waals surface area contributed by atoms with E-state index in [1.807, 2.05) is 19.2 Å². The number of hydrogen-bond acceptors (Lipinski definition) is 1. The standard InChI is InChI=1S/C15H22FN3/c1-17-15(18-10-9-12-3-4-12)19(2)11-13-5-7-14(16)8-6-13/h5-8,12H,3-4,9-11H2,1-2H3,(H,17,18). The highest BCUT2D eigenvalue weighted by molar-refractivity contribution is 5.79. The predicted molar refractivity (Wildman–Crippen MR) is 76.6 cm³/mol. The Morgan fingerprint density at radius 1 is 1.37 bits per heavy atom. The predicted octanol–water partition coefficient (Wildman–Crippen LogP) is 2.63. The van der Waals surface area contributed by atoms with Crippen LogP contribution in [0, 0.1) is 11.7 Å². The van der Waals surface area contributed by atoms with Gasteiger partial charge in [0.1, 0.15) is 5.82 Å². The van der Waals surface area contributed by atoms with Crippen LogP contribution in [-0.4, -0.2) is 31.5 Å². The molecule has 3 nitrogen and oxygen atoms in total. The van der Waals surface area contributed by atoms with E-state index in [-0.39, 0.29) is 5.82 Å². The zero-order valence-corrected chi connectivity index (χ0v) is 11.7. The lowest BCUT2D eigenvalue weighted by molar-refractivity contribution is 0.473. The molecule has 0 unspecified atom stereocenters. The summed E-state index contributed by atoms with van der Waals surface area (Å²) >= 11 is 0. The van der Waals surface area contributed by atoms with Crippen LogP contribution < -0.4 is 5.32 Å². The lowest BCUT2D eigenvalue weighted by atomic mass is 10.2. The number of benzene rings is 1. The Labute approximate surface area is 114 Å². The second-order valence-electron chi connectivity index (χ2n) is 5.19. The molecule has 2 rings (SSSR count). The first-order chi connectivity index (χ1) is 9.19. The van der Waals surface area contributed by atoms with E-state index in [4.69, 9.17) is 0 Å². The first-order valence-electron chi connectivity index (χ1n) is 6.85. The van der Waals surface area contributed by atoms with Crippen LogP contribution in [0.25, 0.3) is 0 Å². The molecular weight excluding hydrogens is 241 g/mol. The fourth-order valence-corrected chi connectivity index (χ4v) is 2.12. The highest BCUT2D eigenvalue weighted by Crippen LogP contribution is 2.31. The Bertz CT molecular complexity index is 424. The first kappa shape index (κ1) is 13.8. The van der Waals surface area contributed by atoms with Crippen molar-refractivity contribution >= 4 is 5.96 Å². The van der Waals surface area contributed by atoms with Gasteiger partial charge in [-0.15, -0.1) is 0 Å². The van der Waals surface area contributed by atoms with Crippen LogP contribution >= 0.6 is 0 Å². The maximum atomic E-state index is 12.8. The molecule has 0 aliphatic heterocycles. The minimum Gasteiger partial charge on any atom is -0.356 e. The summed E-state index contributed by atoms with van der Waals surface area (Å²) in [4.78, 5) is 6.33. The maximum Gasteiger partial charge on any atom is 0.193 e. The molecule has 0 spiro atoms. The second kappa shape index (κ2) is 6.55. The normalized spacial score (nSPS) is 15.4. The van der Waals surface area contributed by atoms with Gasteiger partial charge in [-0.25, -0.2) is 4.39 Å². The number of hydrogen-bond donors (Lipinski definition) is 1. The van der Waals surface area contributed by atoms with Crippen molar-refractivity contribution in [3.8, 4) is 0 Å². The van der Waals surface area contributed by atoms with Crippen molar-refractivity contribution in [2.75, 3.05) is 20.6 Å². The van der Waals surface area contributed by atoms with Crippen LogP contribution in [0.15, 0.2) is 29.3 Å². The molecule has 0 aromatic heterocycles. The topological polar surface area (TPSA) is 27.6 Å². The van der Waals surface area contributed by atoms with E-state index < -0.39 is 0 Å².